The number of nitrogens with one attached hydrogen (secondary N) is 3. The van der Waals surface area contributed by atoms with Crippen LogP contribution >= 0.6 is 0 Å². The van der Waals surface area contributed by atoms with Crippen LogP contribution in [0.2, 0.25) is 0 Å². The predicted molar refractivity (Wildman–Crippen MR) is 83.5 cm³/mol. The van der Waals surface area contributed by atoms with Crippen molar-refractivity contribution in [3.05, 3.63) is 24.3 Å². The smallest absolute Gasteiger partial charge is 0.405 e. The summed E-state index contributed by atoms with van der Waals surface area (Å²) >= 11 is 0. The Kier molecular flexibility index (Phi) is 6.07. The molecule has 1 aromatic rings. The highest BCUT2D eigenvalue weighted by Crippen LogP contribution is 2.25. The van der Waals surface area contributed by atoms with Gasteiger partial charge in [-0.3, -0.25) is 10.1 Å². The van der Waals surface area contributed by atoms with Crippen LogP contribution in [0.15, 0.2) is 24.3 Å². The average molecular weight is 361 g/mol. The van der Waals surface area contributed by atoms with E-state index < -0.39 is 24.7 Å². The van der Waals surface area contributed by atoms with Crippen molar-refractivity contribution in [2.75, 3.05) is 44.2 Å². The molecule has 0 unspecified atom stereocenters. The maximum Gasteiger partial charge on any atom is 0.405 e. The van der Waals surface area contributed by atoms with Crippen LogP contribution in [-0.4, -0.2) is 62.5 Å². The van der Waals surface area contributed by atoms with E-state index in [0.29, 0.717) is 26.2 Å². The normalized spacial score (nSPS) is 15.7. The number of hydrogen-bond acceptors (Lipinski definition) is 4. The van der Waals surface area contributed by atoms with Gasteiger partial charge in [0, 0.05) is 0 Å². The van der Waals surface area contributed by atoms with E-state index in [1.54, 1.807) is 23.5 Å². The van der Waals surface area contributed by atoms with Crippen molar-refractivity contribution >= 4 is 17.6 Å². The Balaban J connectivity index is 1.73. The zero-order valence-electron chi connectivity index (χ0n) is 13.4. The van der Waals surface area contributed by atoms with Crippen molar-refractivity contribution in [1.29, 1.82) is 0 Å². The van der Waals surface area contributed by atoms with Crippen LogP contribution in [0.5, 0.6) is 5.75 Å². The van der Waals surface area contributed by atoms with Crippen molar-refractivity contribution in [3.63, 3.8) is 0 Å². The molecule has 1 aliphatic heterocycles. The van der Waals surface area contributed by atoms with E-state index in [4.69, 9.17) is 0 Å². The molecule has 1 saturated heterocycles. The second-order valence-electron chi connectivity index (χ2n) is 5.75. The number of anilines is 1. The quantitative estimate of drug-likeness (QED) is 0.582. The second kappa shape index (κ2) is 8.06. The summed E-state index contributed by atoms with van der Waals surface area (Å²) in [6.07, 6.45) is -4.52. The molecule has 0 aliphatic carbocycles. The Hall–Kier alpha value is -2.49. The molecule has 1 aliphatic rings. The molecule has 3 amide bonds. The number of nitrogens with zero attached hydrogens (tertiary/aromatic N) is 1. The van der Waals surface area contributed by atoms with E-state index in [1.807, 2.05) is 16.3 Å². The zero-order valence-corrected chi connectivity index (χ0v) is 13.4. The van der Waals surface area contributed by atoms with E-state index in [1.165, 1.54) is 0 Å². The van der Waals surface area contributed by atoms with E-state index >= 15 is 0 Å². The number of amides is 3. The number of alkyl halides is 3. The number of piperazine rings is 1. The first-order valence-electron chi connectivity index (χ1n) is 7.75. The van der Waals surface area contributed by atoms with Crippen LogP contribution in [0.4, 0.5) is 23.7 Å². The van der Waals surface area contributed by atoms with Gasteiger partial charge in [-0.15, -0.1) is 0 Å². The number of quaternary nitrogens is 1. The number of halogens is 3. The number of phenols is 1. The maximum absolute atomic E-state index is 12.0. The molecule has 10 heteroatoms. The number of aromatic hydroxyl groups is 1. The Bertz CT molecular complexity index is 616. The molecule has 0 radical (unpaired) electrons. The highest BCUT2D eigenvalue weighted by molar-refractivity contribution is 5.94. The summed E-state index contributed by atoms with van der Waals surface area (Å²) in [7, 11) is 0. The van der Waals surface area contributed by atoms with Crippen molar-refractivity contribution < 1.29 is 32.8 Å². The van der Waals surface area contributed by atoms with Crippen LogP contribution in [0, 0.1) is 0 Å². The lowest BCUT2D eigenvalue weighted by Gasteiger charge is -2.33. The first kappa shape index (κ1) is 18.8. The van der Waals surface area contributed by atoms with Crippen LogP contribution in [-0.2, 0) is 4.79 Å². The average Bonchev–Trinajstić information content (AvgIpc) is 2.54. The summed E-state index contributed by atoms with van der Waals surface area (Å²) in [4.78, 5) is 25.9. The molecule has 1 aromatic carbocycles. The molecular weight excluding hydrogens is 341 g/mol. The van der Waals surface area contributed by atoms with Crippen LogP contribution in [0.25, 0.3) is 0 Å². The third-order valence-corrected chi connectivity index (χ3v) is 3.81. The molecule has 25 heavy (non-hydrogen) atoms. The summed E-state index contributed by atoms with van der Waals surface area (Å²) < 4.78 is 35.9. The number of urea groups is 1. The number of imide groups is 1. The van der Waals surface area contributed by atoms with Crippen LogP contribution < -0.4 is 20.4 Å². The number of para-hydroxylation sites is 2. The third kappa shape index (κ3) is 6.14. The largest absolute Gasteiger partial charge is 0.506 e. The number of benzene rings is 1. The monoisotopic (exact) mass is 361 g/mol. The number of carbonyl (C=O) groups is 2. The number of phenolic OH excluding ortho intramolecular Hbond substituents is 1. The van der Waals surface area contributed by atoms with E-state index in [9.17, 15) is 27.9 Å². The Labute approximate surface area is 142 Å². The lowest BCUT2D eigenvalue weighted by molar-refractivity contribution is -0.892. The fourth-order valence-electron chi connectivity index (χ4n) is 2.59. The van der Waals surface area contributed by atoms with E-state index in [-0.39, 0.29) is 12.3 Å². The van der Waals surface area contributed by atoms with E-state index in [2.05, 4.69) is 0 Å². The van der Waals surface area contributed by atoms with E-state index in [0.717, 1.165) is 10.6 Å². The Morgan fingerprint density at radius 3 is 2.44 bits per heavy atom. The molecule has 138 valence electrons. The van der Waals surface area contributed by atoms with Gasteiger partial charge in [-0.05, 0) is 12.1 Å². The highest BCUT2D eigenvalue weighted by Gasteiger charge is 2.28. The van der Waals surface area contributed by atoms with Gasteiger partial charge < -0.3 is 20.2 Å². The topological polar surface area (TPSA) is 86.1 Å². The molecule has 0 atom stereocenters. The highest BCUT2D eigenvalue weighted by atomic mass is 19.4. The fourth-order valence-corrected chi connectivity index (χ4v) is 2.59. The Morgan fingerprint density at radius 1 is 1.20 bits per heavy atom. The van der Waals surface area contributed by atoms with Gasteiger partial charge in [-0.25, -0.2) is 4.79 Å². The lowest BCUT2D eigenvalue weighted by Crippen LogP contribution is -3.16. The van der Waals surface area contributed by atoms with Crippen molar-refractivity contribution in [1.82, 2.24) is 10.6 Å². The summed E-state index contributed by atoms with van der Waals surface area (Å²) in [5.74, 6) is -0.448. The van der Waals surface area contributed by atoms with Gasteiger partial charge in [0.1, 0.15) is 12.3 Å². The minimum Gasteiger partial charge on any atom is -0.506 e. The third-order valence-electron chi connectivity index (χ3n) is 3.81. The molecule has 7 nitrogen and oxygen atoms in total. The molecule has 1 heterocycles. The maximum atomic E-state index is 12.0. The predicted octanol–water partition coefficient (Wildman–Crippen LogP) is -0.515. The van der Waals surface area contributed by atoms with Crippen molar-refractivity contribution in [2.45, 2.75) is 6.18 Å². The molecular formula is C15H20F3N4O3+. The minimum absolute atomic E-state index is 0.00590. The zero-order chi connectivity index (χ0) is 18.4. The SMILES string of the molecule is O=C(C[NH+]1CCN(c2ccccc2O)CC1)NC(=O)NCC(F)(F)F. The molecule has 4 N–H and O–H groups in total. The number of hydrogen-bond donors (Lipinski definition) is 4. The lowest BCUT2D eigenvalue weighted by atomic mass is 10.2. The van der Waals surface area contributed by atoms with Gasteiger partial charge in [0.2, 0.25) is 0 Å². The molecule has 1 fully saturated rings. The fraction of sp³-hybridized carbons (Fsp3) is 0.467. The van der Waals surface area contributed by atoms with Gasteiger partial charge in [-0.1, -0.05) is 12.1 Å². The van der Waals surface area contributed by atoms with Gasteiger partial charge in [-0.2, -0.15) is 13.2 Å². The van der Waals surface area contributed by atoms with Gasteiger partial charge >= 0.3 is 12.2 Å². The van der Waals surface area contributed by atoms with Crippen molar-refractivity contribution in [3.8, 4) is 5.75 Å². The van der Waals surface area contributed by atoms with Crippen molar-refractivity contribution in [2.24, 2.45) is 0 Å². The standard InChI is InChI=1S/C15H19F3N4O3/c16-15(17,18)10-19-14(25)20-13(24)9-21-5-7-22(8-6-21)11-3-1-2-4-12(11)23/h1-4,23H,5-10H2,(H2,19,20,24,25)/p+1. The summed E-state index contributed by atoms with van der Waals surface area (Å²) in [6, 6.07) is 5.80. The molecule has 0 bridgehead atoms. The van der Waals surface area contributed by atoms with Crippen LogP contribution in [0.1, 0.15) is 0 Å². The number of carbonyl (C=O) groups excluding carboxylic acids is 2. The van der Waals surface area contributed by atoms with Gasteiger partial charge in [0.05, 0.1) is 31.9 Å². The van der Waals surface area contributed by atoms with Gasteiger partial charge in [0.25, 0.3) is 5.91 Å². The van der Waals surface area contributed by atoms with Gasteiger partial charge in [0.15, 0.2) is 6.54 Å². The number of rotatable bonds is 4. The molecule has 0 saturated carbocycles. The molecule has 0 spiro atoms. The summed E-state index contributed by atoms with van der Waals surface area (Å²) in [5.41, 5.74) is 0.720. The molecule has 0 aromatic heterocycles. The molecule has 2 rings (SSSR count). The first-order chi connectivity index (χ1) is 11.7. The minimum atomic E-state index is -4.52. The summed E-state index contributed by atoms with van der Waals surface area (Å²) in [6.45, 7) is 0.936. The van der Waals surface area contributed by atoms with Crippen LogP contribution in [0.3, 0.4) is 0 Å². The summed E-state index contributed by atoms with van der Waals surface area (Å²) in [5, 5.41) is 13.3. The second-order valence-corrected chi connectivity index (χ2v) is 5.75. The Morgan fingerprint density at radius 2 is 1.84 bits per heavy atom. The first-order valence-corrected chi connectivity index (χ1v) is 7.75.